The number of aryl methyl sites for hydroxylation is 1. The molecule has 2 aromatic rings. The van der Waals surface area contributed by atoms with Crippen molar-refractivity contribution in [3.63, 3.8) is 0 Å². The molecule has 1 N–H and O–H groups in total. The van der Waals surface area contributed by atoms with Crippen LogP contribution in [0.15, 0.2) is 34.9 Å². The second kappa shape index (κ2) is 5.65. The lowest BCUT2D eigenvalue weighted by molar-refractivity contribution is 0.0906. The molecule has 0 saturated carbocycles. The van der Waals surface area contributed by atoms with Gasteiger partial charge in [-0.05, 0) is 47.0 Å². The van der Waals surface area contributed by atoms with E-state index < -0.39 is 5.60 Å². The van der Waals surface area contributed by atoms with Gasteiger partial charge in [0, 0.05) is 11.6 Å². The first kappa shape index (κ1) is 14.6. The van der Waals surface area contributed by atoms with E-state index in [1.165, 1.54) is 0 Å². The molecule has 19 heavy (non-hydrogen) atoms. The van der Waals surface area contributed by atoms with Gasteiger partial charge in [-0.3, -0.25) is 4.68 Å². The number of hydrogen-bond acceptors (Lipinski definition) is 2. The Hall–Kier alpha value is -0.840. The molecule has 0 aliphatic carbocycles. The van der Waals surface area contributed by atoms with Crippen LogP contribution in [0.25, 0.3) is 0 Å². The Balaban J connectivity index is 2.52. The monoisotopic (exact) mass is 342 g/mol. The average Bonchev–Trinajstić information content (AvgIpc) is 2.71. The number of halogens is 2. The minimum Gasteiger partial charge on any atom is -0.379 e. The second-order valence-electron chi connectivity index (χ2n) is 4.65. The van der Waals surface area contributed by atoms with E-state index in [1.807, 2.05) is 16.8 Å². The van der Waals surface area contributed by atoms with Crippen LogP contribution >= 0.6 is 27.5 Å². The van der Waals surface area contributed by atoms with Crippen molar-refractivity contribution in [3.05, 3.63) is 51.2 Å². The maximum atomic E-state index is 10.9. The van der Waals surface area contributed by atoms with Crippen LogP contribution < -0.4 is 0 Å². The predicted octanol–water partition coefficient (Wildman–Crippen LogP) is 3.96. The van der Waals surface area contributed by atoms with E-state index in [1.54, 1.807) is 25.3 Å². The molecule has 0 amide bonds. The third-order valence-electron chi connectivity index (χ3n) is 3.08. The van der Waals surface area contributed by atoms with E-state index in [0.29, 0.717) is 5.02 Å². The maximum absolute atomic E-state index is 10.9. The summed E-state index contributed by atoms with van der Waals surface area (Å²) in [6.45, 7) is 4.59. The highest BCUT2D eigenvalue weighted by Crippen LogP contribution is 2.35. The SMILES string of the molecule is CCCn1ncc(Br)c1C(C)(O)c1cccc(Cl)c1. The van der Waals surface area contributed by atoms with Crippen molar-refractivity contribution in [3.8, 4) is 0 Å². The highest BCUT2D eigenvalue weighted by Gasteiger charge is 2.32. The lowest BCUT2D eigenvalue weighted by Crippen LogP contribution is -2.27. The predicted molar refractivity (Wildman–Crippen MR) is 80.3 cm³/mol. The van der Waals surface area contributed by atoms with Gasteiger partial charge < -0.3 is 5.11 Å². The summed E-state index contributed by atoms with van der Waals surface area (Å²) in [7, 11) is 0. The summed E-state index contributed by atoms with van der Waals surface area (Å²) in [5.41, 5.74) is 0.352. The van der Waals surface area contributed by atoms with Gasteiger partial charge in [0.2, 0.25) is 0 Å². The van der Waals surface area contributed by atoms with Gasteiger partial charge in [-0.2, -0.15) is 5.10 Å². The van der Waals surface area contributed by atoms with Gasteiger partial charge in [-0.1, -0.05) is 30.7 Å². The van der Waals surface area contributed by atoms with Crippen molar-refractivity contribution in [1.29, 1.82) is 0 Å². The van der Waals surface area contributed by atoms with Gasteiger partial charge in [0.15, 0.2) is 0 Å². The Kier molecular flexibility index (Phi) is 4.33. The van der Waals surface area contributed by atoms with Crippen LogP contribution in [0.2, 0.25) is 5.02 Å². The zero-order valence-corrected chi connectivity index (χ0v) is 13.2. The zero-order chi connectivity index (χ0) is 14.0. The summed E-state index contributed by atoms with van der Waals surface area (Å²) >= 11 is 9.47. The minimum absolute atomic E-state index is 0.607. The van der Waals surface area contributed by atoms with E-state index in [-0.39, 0.29) is 0 Å². The van der Waals surface area contributed by atoms with Gasteiger partial charge >= 0.3 is 0 Å². The molecular formula is C14H16BrClN2O. The van der Waals surface area contributed by atoms with Gasteiger partial charge in [0.1, 0.15) is 5.60 Å². The van der Waals surface area contributed by atoms with E-state index in [2.05, 4.69) is 28.0 Å². The second-order valence-corrected chi connectivity index (χ2v) is 5.94. The smallest absolute Gasteiger partial charge is 0.129 e. The minimum atomic E-state index is -1.14. The van der Waals surface area contributed by atoms with Crippen LogP contribution in [0.5, 0.6) is 0 Å². The molecule has 0 spiro atoms. The number of aliphatic hydroxyl groups is 1. The van der Waals surface area contributed by atoms with Crippen molar-refractivity contribution in [1.82, 2.24) is 9.78 Å². The summed E-state index contributed by atoms with van der Waals surface area (Å²) < 4.78 is 2.62. The van der Waals surface area contributed by atoms with Gasteiger partial charge in [0.05, 0.1) is 16.4 Å². The van der Waals surface area contributed by atoms with Crippen molar-refractivity contribution < 1.29 is 5.11 Å². The van der Waals surface area contributed by atoms with E-state index in [0.717, 1.165) is 28.7 Å². The van der Waals surface area contributed by atoms with E-state index >= 15 is 0 Å². The summed E-state index contributed by atoms with van der Waals surface area (Å²) in [6, 6.07) is 7.26. The summed E-state index contributed by atoms with van der Waals surface area (Å²) in [6.07, 6.45) is 2.66. The van der Waals surface area contributed by atoms with Crippen LogP contribution in [0.3, 0.4) is 0 Å². The highest BCUT2D eigenvalue weighted by atomic mass is 79.9. The summed E-state index contributed by atoms with van der Waals surface area (Å²) in [5.74, 6) is 0. The maximum Gasteiger partial charge on any atom is 0.129 e. The Morgan fingerprint density at radius 3 is 2.84 bits per heavy atom. The molecule has 0 aliphatic rings. The standard InChI is InChI=1S/C14H16BrClN2O/c1-3-7-18-13(12(15)9-17-18)14(2,19)10-5-4-6-11(16)8-10/h4-6,8-9,19H,3,7H2,1-2H3. The molecule has 3 nitrogen and oxygen atoms in total. The highest BCUT2D eigenvalue weighted by molar-refractivity contribution is 9.10. The molecule has 1 aromatic carbocycles. The van der Waals surface area contributed by atoms with Crippen molar-refractivity contribution >= 4 is 27.5 Å². The van der Waals surface area contributed by atoms with Crippen LogP contribution in [0.4, 0.5) is 0 Å². The molecular weight excluding hydrogens is 328 g/mol. The van der Waals surface area contributed by atoms with Gasteiger partial charge in [-0.25, -0.2) is 0 Å². The normalized spacial score (nSPS) is 14.4. The first-order valence-electron chi connectivity index (χ1n) is 6.17. The Morgan fingerprint density at radius 2 is 2.21 bits per heavy atom. The molecule has 0 fully saturated rings. The number of rotatable bonds is 4. The fourth-order valence-corrected chi connectivity index (χ4v) is 3.03. The van der Waals surface area contributed by atoms with Crippen LogP contribution in [0.1, 0.15) is 31.5 Å². The third-order valence-corrected chi connectivity index (χ3v) is 3.89. The summed E-state index contributed by atoms with van der Waals surface area (Å²) in [5, 5.41) is 15.8. The molecule has 0 saturated heterocycles. The lowest BCUT2D eigenvalue weighted by atomic mass is 9.92. The molecule has 0 aliphatic heterocycles. The van der Waals surface area contributed by atoms with Crippen LogP contribution in [-0.2, 0) is 12.1 Å². The van der Waals surface area contributed by atoms with Gasteiger partial charge in [0.25, 0.3) is 0 Å². The molecule has 1 atom stereocenters. The first-order valence-corrected chi connectivity index (χ1v) is 7.34. The number of aromatic nitrogens is 2. The molecule has 0 bridgehead atoms. The topological polar surface area (TPSA) is 38.0 Å². The van der Waals surface area contributed by atoms with Crippen molar-refractivity contribution in [2.24, 2.45) is 0 Å². The Bertz CT molecular complexity index is 581. The quantitative estimate of drug-likeness (QED) is 0.912. The lowest BCUT2D eigenvalue weighted by Gasteiger charge is -2.26. The average molecular weight is 344 g/mol. The molecule has 102 valence electrons. The zero-order valence-electron chi connectivity index (χ0n) is 10.9. The molecule has 0 radical (unpaired) electrons. The largest absolute Gasteiger partial charge is 0.379 e. The molecule has 5 heteroatoms. The summed E-state index contributed by atoms with van der Waals surface area (Å²) in [4.78, 5) is 0. The van der Waals surface area contributed by atoms with E-state index in [4.69, 9.17) is 11.6 Å². The molecule has 1 unspecified atom stereocenters. The number of benzene rings is 1. The van der Waals surface area contributed by atoms with Crippen LogP contribution in [0, 0.1) is 0 Å². The van der Waals surface area contributed by atoms with Crippen LogP contribution in [-0.4, -0.2) is 14.9 Å². The van der Waals surface area contributed by atoms with Crippen molar-refractivity contribution in [2.45, 2.75) is 32.4 Å². The van der Waals surface area contributed by atoms with E-state index in [9.17, 15) is 5.11 Å². The number of hydrogen-bond donors (Lipinski definition) is 1. The fraction of sp³-hybridized carbons (Fsp3) is 0.357. The molecule has 1 aromatic heterocycles. The Labute approximate surface area is 126 Å². The molecule has 1 heterocycles. The van der Waals surface area contributed by atoms with Crippen molar-refractivity contribution in [2.75, 3.05) is 0 Å². The Morgan fingerprint density at radius 1 is 1.47 bits per heavy atom. The molecule has 2 rings (SSSR count). The number of nitrogens with zero attached hydrogens (tertiary/aromatic N) is 2. The fourth-order valence-electron chi connectivity index (χ4n) is 2.16. The van der Waals surface area contributed by atoms with Gasteiger partial charge in [-0.15, -0.1) is 0 Å². The first-order chi connectivity index (χ1) is 8.96. The third kappa shape index (κ3) is 2.86.